The first-order chi connectivity index (χ1) is 13.9. The number of ketones is 1. The molecule has 2 saturated heterocycles. The Morgan fingerprint density at radius 3 is 2.13 bits per heavy atom. The van der Waals surface area contributed by atoms with Gasteiger partial charge in [0.05, 0.1) is 6.54 Å². The zero-order valence-electron chi connectivity index (χ0n) is 18.5. The number of likely N-dealkylation sites (tertiary alicyclic amines) is 1. The van der Waals surface area contributed by atoms with Crippen molar-refractivity contribution in [3.05, 3.63) is 18.0 Å². The number of nitrogens with zero attached hydrogens (tertiary/aromatic N) is 3. The molecule has 0 bridgehead atoms. The zero-order valence-corrected chi connectivity index (χ0v) is 21.3. The molecule has 0 spiro atoms. The van der Waals surface area contributed by atoms with Gasteiger partial charge in [-0.05, 0) is 51.3 Å². The van der Waals surface area contributed by atoms with E-state index in [9.17, 15) is 18.4 Å². The molecule has 1 unspecified atom stereocenters. The molecule has 5 nitrogen and oxygen atoms in total. The molecule has 1 amide bonds. The van der Waals surface area contributed by atoms with Gasteiger partial charge in [0.15, 0.2) is 5.78 Å². The molecule has 1 aliphatic carbocycles. The number of piperidine rings is 1. The van der Waals surface area contributed by atoms with Gasteiger partial charge in [-0.3, -0.25) is 9.59 Å². The van der Waals surface area contributed by atoms with E-state index < -0.39 is 18.4 Å². The van der Waals surface area contributed by atoms with Crippen LogP contribution in [0.4, 0.5) is 8.78 Å². The van der Waals surface area contributed by atoms with E-state index in [2.05, 4.69) is 16.8 Å². The fraction of sp³-hybridized carbons (Fsp3) is 0.818. The molecule has 1 saturated carbocycles. The van der Waals surface area contributed by atoms with Gasteiger partial charge in [-0.1, -0.05) is 20.4 Å². The summed E-state index contributed by atoms with van der Waals surface area (Å²) in [6.07, 6.45) is 4.19. The van der Waals surface area contributed by atoms with E-state index in [-0.39, 0.29) is 56.2 Å². The Balaban J connectivity index is 0.00000146. The van der Waals surface area contributed by atoms with Gasteiger partial charge < -0.3 is 15.1 Å². The molecule has 30 heavy (non-hydrogen) atoms. The summed E-state index contributed by atoms with van der Waals surface area (Å²) in [5.41, 5.74) is 0. The fourth-order valence-corrected chi connectivity index (χ4v) is 4.59. The third-order valence-corrected chi connectivity index (χ3v) is 6.37. The summed E-state index contributed by atoms with van der Waals surface area (Å²) < 4.78 is 29.4. The Hall–Kier alpha value is -0.236. The predicted molar refractivity (Wildman–Crippen MR) is 111 cm³/mol. The first-order valence-corrected chi connectivity index (χ1v) is 11.1. The van der Waals surface area contributed by atoms with Crippen LogP contribution in [-0.2, 0) is 42.3 Å². The number of rotatable bonds is 5. The average molecular weight is 501 g/mol. The molecule has 1 atom stereocenters. The maximum Gasteiger partial charge on any atom is 0.269 e. The molecule has 2 aliphatic heterocycles. The minimum absolute atomic E-state index is 0. The molecular formula is C22H36F2N3O2Y-. The molecule has 3 rings (SSSR count). The van der Waals surface area contributed by atoms with Gasteiger partial charge in [-0.2, -0.15) is 0 Å². The van der Waals surface area contributed by atoms with E-state index in [0.717, 1.165) is 26.2 Å². The van der Waals surface area contributed by atoms with Crippen LogP contribution in [0.2, 0.25) is 0 Å². The number of allylic oxidation sites excluding steroid dienone is 1. The molecular weight excluding hydrogens is 465 g/mol. The molecule has 3 aliphatic rings. The maximum absolute atomic E-state index is 14.7. The van der Waals surface area contributed by atoms with Crippen LogP contribution in [0.15, 0.2) is 12.7 Å². The first-order valence-electron chi connectivity index (χ1n) is 11.1. The quantitative estimate of drug-likeness (QED) is 0.540. The number of halogens is 2. The van der Waals surface area contributed by atoms with Gasteiger partial charge >= 0.3 is 0 Å². The Morgan fingerprint density at radius 1 is 1.03 bits per heavy atom. The molecule has 0 N–H and O–H groups in total. The zero-order chi connectivity index (χ0) is 21.4. The summed E-state index contributed by atoms with van der Waals surface area (Å²) in [5, 5.41) is 4.26. The number of amides is 1. The summed E-state index contributed by atoms with van der Waals surface area (Å²) in [6, 6.07) is 0. The van der Waals surface area contributed by atoms with E-state index in [4.69, 9.17) is 0 Å². The van der Waals surface area contributed by atoms with Crippen LogP contribution in [0.5, 0.6) is 0 Å². The van der Waals surface area contributed by atoms with Crippen LogP contribution >= 0.6 is 0 Å². The molecule has 3 fully saturated rings. The second kappa shape index (κ2) is 13.3. The van der Waals surface area contributed by atoms with E-state index in [1.165, 1.54) is 11.0 Å². The van der Waals surface area contributed by atoms with Crippen LogP contribution < -0.4 is 0 Å². The minimum atomic E-state index is -2.85. The molecule has 0 aromatic rings. The van der Waals surface area contributed by atoms with Gasteiger partial charge in [-0.25, -0.2) is 8.78 Å². The number of hydrogen-bond donors (Lipinski definition) is 0. The van der Waals surface area contributed by atoms with Crippen molar-refractivity contribution < 1.29 is 51.1 Å². The van der Waals surface area contributed by atoms with Gasteiger partial charge in [0, 0.05) is 63.6 Å². The Morgan fingerprint density at radius 2 is 1.60 bits per heavy atom. The van der Waals surface area contributed by atoms with Crippen molar-refractivity contribution in [3.8, 4) is 0 Å². The minimum Gasteiger partial charge on any atom is -0.660 e. The van der Waals surface area contributed by atoms with Crippen molar-refractivity contribution in [1.82, 2.24) is 9.80 Å². The third-order valence-electron chi connectivity index (χ3n) is 6.37. The molecule has 0 aromatic heterocycles. The standard InChI is InChI=1S/C20H30F2N3O2.C2H6.Y/c1-2-18(26)15-3-5-16(6-4-15)19(27)25-10-7-17(20(21,22)14-25)13-24-11-8-23-9-12-24;1-2;/h2,15-17H,1,3-14H2;1-2H3;/q-1;;. The smallest absolute Gasteiger partial charge is 0.269 e. The number of carbonyl (C=O) groups excluding carboxylic acids is 2. The van der Waals surface area contributed by atoms with E-state index in [0.29, 0.717) is 45.2 Å². The molecule has 2 heterocycles. The summed E-state index contributed by atoms with van der Waals surface area (Å²) in [6.45, 7) is 10.8. The Kier molecular flexibility index (Phi) is 12.4. The van der Waals surface area contributed by atoms with Crippen LogP contribution in [0.25, 0.3) is 5.32 Å². The largest absolute Gasteiger partial charge is 0.660 e. The van der Waals surface area contributed by atoms with Crippen molar-refractivity contribution >= 4 is 11.7 Å². The third kappa shape index (κ3) is 7.42. The average Bonchev–Trinajstić information content (AvgIpc) is 2.76. The number of carbonyl (C=O) groups is 2. The summed E-state index contributed by atoms with van der Waals surface area (Å²) in [7, 11) is 0. The number of hydrogen-bond acceptors (Lipinski definition) is 3. The summed E-state index contributed by atoms with van der Waals surface area (Å²) in [4.78, 5) is 27.9. The number of alkyl halides is 2. The predicted octanol–water partition coefficient (Wildman–Crippen LogP) is 3.74. The van der Waals surface area contributed by atoms with Gasteiger partial charge in [0.25, 0.3) is 5.92 Å². The van der Waals surface area contributed by atoms with Crippen LogP contribution in [-0.4, -0.2) is 73.2 Å². The van der Waals surface area contributed by atoms with Gasteiger partial charge in [0.1, 0.15) is 0 Å². The maximum atomic E-state index is 14.7. The second-order valence-corrected chi connectivity index (χ2v) is 8.13. The van der Waals surface area contributed by atoms with Crippen molar-refractivity contribution in [1.29, 1.82) is 0 Å². The molecule has 8 heteroatoms. The SMILES string of the molecule is C=CC(=O)C1CCC(C(=O)N2CCC(CN3CC[N-]CC3)C(F)(F)C2)CC1.CC.[Y]. The van der Waals surface area contributed by atoms with E-state index in [1.807, 2.05) is 13.8 Å². The van der Waals surface area contributed by atoms with E-state index in [1.54, 1.807) is 0 Å². The number of piperazine rings is 1. The molecule has 1 radical (unpaired) electrons. The monoisotopic (exact) mass is 501 g/mol. The van der Waals surface area contributed by atoms with Crippen LogP contribution in [0.3, 0.4) is 0 Å². The van der Waals surface area contributed by atoms with Gasteiger partial charge in [0.2, 0.25) is 5.91 Å². The normalized spacial score (nSPS) is 29.1. The van der Waals surface area contributed by atoms with Crippen molar-refractivity contribution in [2.45, 2.75) is 51.9 Å². The summed E-state index contributed by atoms with van der Waals surface area (Å²) >= 11 is 0. The second-order valence-electron chi connectivity index (χ2n) is 8.13. The van der Waals surface area contributed by atoms with Crippen molar-refractivity contribution in [3.63, 3.8) is 0 Å². The van der Waals surface area contributed by atoms with Crippen LogP contribution in [0.1, 0.15) is 46.0 Å². The Bertz CT molecular complexity index is 563. The summed E-state index contributed by atoms with van der Waals surface area (Å²) in [5.74, 6) is -3.96. The fourth-order valence-electron chi connectivity index (χ4n) is 4.59. The van der Waals surface area contributed by atoms with Crippen molar-refractivity contribution in [2.75, 3.05) is 45.8 Å². The molecule has 0 aromatic carbocycles. The molecule has 169 valence electrons. The first kappa shape index (κ1) is 27.8. The Labute approximate surface area is 205 Å². The van der Waals surface area contributed by atoms with Gasteiger partial charge in [-0.15, -0.1) is 13.1 Å². The topological polar surface area (TPSA) is 54.7 Å². The van der Waals surface area contributed by atoms with Crippen molar-refractivity contribution in [2.24, 2.45) is 17.8 Å². The van der Waals surface area contributed by atoms with Crippen LogP contribution in [0, 0.1) is 17.8 Å². The van der Waals surface area contributed by atoms with E-state index >= 15 is 0 Å².